The molecule has 18 heteroatoms. The van der Waals surface area contributed by atoms with E-state index in [4.69, 9.17) is 8.37 Å². The predicted molar refractivity (Wildman–Crippen MR) is 152 cm³/mol. The molecule has 250 valence electrons. The van der Waals surface area contributed by atoms with E-state index in [1.54, 1.807) is 0 Å². The minimum absolute atomic E-state index is 0. The molecule has 0 aromatic carbocycles. The van der Waals surface area contributed by atoms with Gasteiger partial charge in [0.15, 0.2) is 0 Å². The van der Waals surface area contributed by atoms with Crippen LogP contribution < -0.4 is 88.7 Å². The van der Waals surface area contributed by atoms with Gasteiger partial charge in [-0.2, -0.15) is 0 Å². The molecule has 0 heterocycles. The first-order valence-electron chi connectivity index (χ1n) is 15.1. The molecule has 4 aliphatic carbocycles. The van der Waals surface area contributed by atoms with Gasteiger partial charge in [-0.1, -0.05) is 53.7 Å². The van der Waals surface area contributed by atoms with Crippen molar-refractivity contribution in [3.05, 3.63) is 12.2 Å². The molecule has 0 spiro atoms. The SMILES string of the molecule is CC(C)C(C)/C=C/[C@@H](C)[C@H]1CCC2C3C[C@H](OS(=O)(=O)[O-])[C@H]4C[C@H](OS(=O)(=O)[O-])[C@@H](OS(=O)(=O)[O-])C[C@]4(C)C3CC[C@@]21C.[Na+].[Na+].[Na+]. The summed E-state index contributed by atoms with van der Waals surface area (Å²) in [5, 5.41) is 0. The van der Waals surface area contributed by atoms with Gasteiger partial charge >= 0.3 is 88.7 Å². The quantitative estimate of drug-likeness (QED) is 0.0896. The normalized spacial score (nSPS) is 39.2. The summed E-state index contributed by atoms with van der Waals surface area (Å²) in [6, 6.07) is 0. The molecule has 0 aliphatic heterocycles. The second-order valence-electron chi connectivity index (χ2n) is 14.4. The Balaban J connectivity index is 0.00000353. The largest absolute Gasteiger partial charge is 1.00 e. The molecule has 0 N–H and O–H groups in total. The Bertz CT molecular complexity index is 1390. The van der Waals surface area contributed by atoms with Crippen molar-refractivity contribution in [3.8, 4) is 0 Å². The Kier molecular flexibility index (Phi) is 17.1. The molecule has 4 unspecified atom stereocenters. The zero-order valence-corrected chi connectivity index (χ0v) is 37.0. The number of hydrogen-bond donors (Lipinski definition) is 0. The van der Waals surface area contributed by atoms with Crippen LogP contribution in [0.15, 0.2) is 12.2 Å². The van der Waals surface area contributed by atoms with Gasteiger partial charge in [0.1, 0.15) is 12.2 Å². The van der Waals surface area contributed by atoms with Crippen molar-refractivity contribution in [2.75, 3.05) is 0 Å². The number of allylic oxidation sites excluding steroid dienone is 2. The van der Waals surface area contributed by atoms with E-state index in [2.05, 4.69) is 51.0 Å². The summed E-state index contributed by atoms with van der Waals surface area (Å²) in [4.78, 5) is 0. The van der Waals surface area contributed by atoms with Gasteiger partial charge in [0.05, 0.1) is 6.10 Å². The Morgan fingerprint density at radius 3 is 1.67 bits per heavy atom. The molecular formula is C28H45Na3O12S3. The smallest absolute Gasteiger partial charge is 0.726 e. The minimum Gasteiger partial charge on any atom is -0.726 e. The Hall–Kier alpha value is 2.35. The van der Waals surface area contributed by atoms with Crippen LogP contribution in [-0.4, -0.2) is 57.2 Å². The van der Waals surface area contributed by atoms with Crippen molar-refractivity contribution >= 4 is 31.2 Å². The van der Waals surface area contributed by atoms with Crippen LogP contribution in [0.1, 0.15) is 86.5 Å². The van der Waals surface area contributed by atoms with Crippen LogP contribution in [0.2, 0.25) is 0 Å². The number of rotatable bonds is 10. The molecule has 4 saturated carbocycles. The first kappa shape index (κ1) is 46.4. The van der Waals surface area contributed by atoms with E-state index >= 15 is 0 Å². The molecule has 4 fully saturated rings. The van der Waals surface area contributed by atoms with Gasteiger partial charge < -0.3 is 13.7 Å². The van der Waals surface area contributed by atoms with Gasteiger partial charge in [-0.05, 0) is 103 Å². The van der Waals surface area contributed by atoms with Crippen molar-refractivity contribution in [3.63, 3.8) is 0 Å². The summed E-state index contributed by atoms with van der Waals surface area (Å²) in [5.41, 5.74) is -0.973. The summed E-state index contributed by atoms with van der Waals surface area (Å²) in [6.07, 6.45) is 3.33. The second kappa shape index (κ2) is 17.0. The summed E-state index contributed by atoms with van der Waals surface area (Å²) >= 11 is 0. The third-order valence-corrected chi connectivity index (χ3v) is 13.3. The van der Waals surface area contributed by atoms with Gasteiger partial charge in [-0.25, -0.2) is 25.3 Å². The van der Waals surface area contributed by atoms with Crippen molar-refractivity contribution < 1.29 is 140 Å². The fourth-order valence-corrected chi connectivity index (χ4v) is 11.1. The fraction of sp³-hybridized carbons (Fsp3) is 0.929. The van der Waals surface area contributed by atoms with Crippen LogP contribution in [0.5, 0.6) is 0 Å². The first-order chi connectivity index (χ1) is 19.5. The maximum Gasteiger partial charge on any atom is 1.00 e. The van der Waals surface area contributed by atoms with E-state index in [0.717, 1.165) is 25.7 Å². The summed E-state index contributed by atoms with van der Waals surface area (Å²) < 4.78 is 120. The maximum atomic E-state index is 11.9. The van der Waals surface area contributed by atoms with Crippen molar-refractivity contribution in [2.24, 2.45) is 58.2 Å². The zero-order valence-electron chi connectivity index (χ0n) is 28.6. The summed E-state index contributed by atoms with van der Waals surface area (Å²) in [6.45, 7) is 12.9. The van der Waals surface area contributed by atoms with Crippen LogP contribution in [0.4, 0.5) is 0 Å². The first-order valence-corrected chi connectivity index (χ1v) is 19.1. The Labute approximate surface area is 342 Å². The minimum atomic E-state index is -5.35. The maximum absolute atomic E-state index is 11.9. The van der Waals surface area contributed by atoms with Crippen molar-refractivity contribution in [1.29, 1.82) is 0 Å². The molecule has 0 aromatic heterocycles. The molecular weight excluding hydrogens is 693 g/mol. The molecule has 0 saturated heterocycles. The van der Waals surface area contributed by atoms with Crippen LogP contribution in [0, 0.1) is 58.2 Å². The molecule has 12 atom stereocenters. The van der Waals surface area contributed by atoms with Crippen LogP contribution in [-0.2, 0) is 43.7 Å². The molecule has 4 rings (SSSR count). The van der Waals surface area contributed by atoms with Crippen LogP contribution in [0.3, 0.4) is 0 Å². The van der Waals surface area contributed by atoms with E-state index in [1.165, 1.54) is 0 Å². The van der Waals surface area contributed by atoms with Crippen LogP contribution in [0.25, 0.3) is 0 Å². The number of hydrogen-bond acceptors (Lipinski definition) is 12. The predicted octanol–water partition coefficient (Wildman–Crippen LogP) is -5.10. The Morgan fingerprint density at radius 1 is 0.652 bits per heavy atom. The van der Waals surface area contributed by atoms with E-state index < -0.39 is 60.8 Å². The third kappa shape index (κ3) is 10.7. The van der Waals surface area contributed by atoms with E-state index in [-0.39, 0.29) is 131 Å². The molecule has 0 amide bonds. The average molecular weight is 739 g/mol. The van der Waals surface area contributed by atoms with Crippen molar-refractivity contribution in [2.45, 2.75) is 105 Å². The third-order valence-electron chi connectivity index (χ3n) is 11.8. The van der Waals surface area contributed by atoms with Gasteiger partial charge in [0, 0.05) is 0 Å². The topological polar surface area (TPSA) is 199 Å². The molecule has 0 bridgehead atoms. The molecule has 46 heavy (non-hydrogen) atoms. The summed E-state index contributed by atoms with van der Waals surface area (Å²) in [7, 11) is -15.8. The van der Waals surface area contributed by atoms with E-state index in [0.29, 0.717) is 23.7 Å². The molecule has 12 nitrogen and oxygen atoms in total. The fourth-order valence-electron chi connectivity index (χ4n) is 9.63. The second-order valence-corrected chi connectivity index (χ2v) is 17.4. The number of fused-ring (bicyclic) bond motifs is 5. The van der Waals surface area contributed by atoms with E-state index in [9.17, 15) is 38.9 Å². The van der Waals surface area contributed by atoms with Gasteiger partial charge in [-0.15, -0.1) is 0 Å². The van der Waals surface area contributed by atoms with E-state index in [1.807, 2.05) is 6.92 Å². The van der Waals surface area contributed by atoms with Gasteiger partial charge in [-0.3, -0.25) is 12.5 Å². The molecule has 0 aromatic rings. The zero-order chi connectivity index (χ0) is 32.3. The van der Waals surface area contributed by atoms with Crippen molar-refractivity contribution in [1.82, 2.24) is 0 Å². The monoisotopic (exact) mass is 738 g/mol. The van der Waals surface area contributed by atoms with Gasteiger partial charge in [0.2, 0.25) is 31.2 Å². The molecule has 4 aliphatic rings. The van der Waals surface area contributed by atoms with Crippen LogP contribution >= 0.6 is 0 Å². The average Bonchev–Trinajstić information content (AvgIpc) is 3.18. The standard InChI is InChI=1S/C28H48O12S3.3Na/c1-16(2)17(3)7-8-18(4)20-9-10-21-19-13-24(38-41(29,30)31)23-14-25(39-42(32,33)34)26(40-43(35,36)37)15-28(23,6)22(19)11-12-27(20,21)5;;;/h7-8,16-26H,9-15H2,1-6H3,(H,29,30,31)(H,32,33,34)(H,35,36,37);;;/q;3*+1/p-3/b8-7+;;;/t17?,18-,19?,20-,21?,22?,23-,24+,25+,26+,27-,28-;;;/m1.../s1. The Morgan fingerprint density at radius 2 is 1.15 bits per heavy atom. The summed E-state index contributed by atoms with van der Waals surface area (Å²) in [5.74, 6) is 0.897. The van der Waals surface area contributed by atoms with Gasteiger partial charge in [0.25, 0.3) is 0 Å². The molecule has 0 radical (unpaired) electrons.